The van der Waals surface area contributed by atoms with Crippen LogP contribution in [-0.2, 0) is 6.54 Å². The fourth-order valence-corrected chi connectivity index (χ4v) is 2.01. The van der Waals surface area contributed by atoms with Crippen molar-refractivity contribution in [2.24, 2.45) is 0 Å². The highest BCUT2D eigenvalue weighted by molar-refractivity contribution is 6.30. The maximum Gasteiger partial charge on any atom is 0.321 e. The molecule has 0 radical (unpaired) electrons. The number of hydrogen-bond donors (Lipinski definition) is 1. The van der Waals surface area contributed by atoms with E-state index in [0.29, 0.717) is 11.3 Å². The van der Waals surface area contributed by atoms with Gasteiger partial charge in [-0.3, -0.25) is 4.68 Å². The Bertz CT molecular complexity index is 671. The van der Waals surface area contributed by atoms with Gasteiger partial charge in [0.2, 0.25) is 0 Å². The summed E-state index contributed by atoms with van der Waals surface area (Å²) in [6.45, 7) is 4.28. The third-order valence-corrected chi connectivity index (χ3v) is 3.44. The molecule has 7 heteroatoms. The minimum Gasteiger partial charge on any atom is -0.323 e. The molecule has 1 aromatic carbocycles. The van der Waals surface area contributed by atoms with Gasteiger partial charge in [-0.05, 0) is 31.5 Å². The molecule has 118 valence electrons. The van der Waals surface area contributed by atoms with Gasteiger partial charge in [-0.25, -0.2) is 9.18 Å². The molecule has 0 saturated carbocycles. The smallest absolute Gasteiger partial charge is 0.321 e. The molecular formula is C15H18ClFN4O. The Morgan fingerprint density at radius 1 is 1.50 bits per heavy atom. The molecule has 2 amide bonds. The lowest BCUT2D eigenvalue weighted by Gasteiger charge is -2.17. The number of nitrogens with one attached hydrogen (secondary N) is 1. The van der Waals surface area contributed by atoms with Crippen molar-refractivity contribution in [2.45, 2.75) is 26.4 Å². The molecule has 0 fully saturated rings. The zero-order chi connectivity index (χ0) is 16.3. The second kappa shape index (κ2) is 6.79. The SMILES string of the molecule is CC(C)n1cc(NC(=O)N(C)Cc2ccc(Cl)c(F)c2)cn1. The van der Waals surface area contributed by atoms with Crippen LogP contribution in [-0.4, -0.2) is 27.8 Å². The van der Waals surface area contributed by atoms with Crippen molar-refractivity contribution >= 4 is 23.3 Å². The Labute approximate surface area is 133 Å². The van der Waals surface area contributed by atoms with Crippen LogP contribution in [0.1, 0.15) is 25.5 Å². The van der Waals surface area contributed by atoms with Crippen LogP contribution in [0.15, 0.2) is 30.6 Å². The lowest BCUT2D eigenvalue weighted by Crippen LogP contribution is -2.30. The number of carbonyl (C=O) groups excluding carboxylic acids is 1. The Hall–Kier alpha value is -2.08. The highest BCUT2D eigenvalue weighted by atomic mass is 35.5. The van der Waals surface area contributed by atoms with Gasteiger partial charge in [0.1, 0.15) is 5.82 Å². The average molecular weight is 325 g/mol. The summed E-state index contributed by atoms with van der Waals surface area (Å²) in [7, 11) is 1.63. The van der Waals surface area contributed by atoms with Crippen molar-refractivity contribution in [3.05, 3.63) is 47.0 Å². The summed E-state index contributed by atoms with van der Waals surface area (Å²) in [4.78, 5) is 13.6. The number of rotatable bonds is 4. The quantitative estimate of drug-likeness (QED) is 0.926. The normalized spacial score (nSPS) is 10.8. The van der Waals surface area contributed by atoms with E-state index >= 15 is 0 Å². The van der Waals surface area contributed by atoms with Gasteiger partial charge in [-0.2, -0.15) is 5.10 Å². The van der Waals surface area contributed by atoms with Crippen LogP contribution in [0.4, 0.5) is 14.9 Å². The topological polar surface area (TPSA) is 50.2 Å². The van der Waals surface area contributed by atoms with E-state index in [-0.39, 0.29) is 23.6 Å². The first-order chi connectivity index (χ1) is 10.4. The van der Waals surface area contributed by atoms with E-state index in [4.69, 9.17) is 11.6 Å². The van der Waals surface area contributed by atoms with Gasteiger partial charge in [0.25, 0.3) is 0 Å². The molecular weight excluding hydrogens is 307 g/mol. The van der Waals surface area contributed by atoms with Gasteiger partial charge < -0.3 is 10.2 Å². The van der Waals surface area contributed by atoms with E-state index < -0.39 is 5.82 Å². The zero-order valence-corrected chi connectivity index (χ0v) is 13.4. The van der Waals surface area contributed by atoms with E-state index in [1.54, 1.807) is 30.2 Å². The standard InChI is InChI=1S/C15H18ClFN4O/c1-10(2)21-9-12(7-18-21)19-15(22)20(3)8-11-4-5-13(16)14(17)6-11/h4-7,9-10H,8H2,1-3H3,(H,19,22). The monoisotopic (exact) mass is 324 g/mol. The molecule has 2 aromatic rings. The van der Waals surface area contributed by atoms with E-state index in [2.05, 4.69) is 10.4 Å². The number of urea groups is 1. The minimum absolute atomic E-state index is 0.0666. The fraction of sp³-hybridized carbons (Fsp3) is 0.333. The van der Waals surface area contributed by atoms with Crippen LogP contribution in [0.25, 0.3) is 0 Å². The molecule has 22 heavy (non-hydrogen) atoms. The number of amides is 2. The fourth-order valence-electron chi connectivity index (χ4n) is 1.89. The van der Waals surface area contributed by atoms with E-state index in [0.717, 1.165) is 0 Å². The average Bonchev–Trinajstić information content (AvgIpc) is 2.91. The van der Waals surface area contributed by atoms with Crippen molar-refractivity contribution in [2.75, 3.05) is 12.4 Å². The highest BCUT2D eigenvalue weighted by Crippen LogP contribution is 2.17. The first-order valence-corrected chi connectivity index (χ1v) is 7.25. The second-order valence-corrected chi connectivity index (χ2v) is 5.74. The molecule has 0 aliphatic heterocycles. The number of halogens is 2. The molecule has 0 saturated heterocycles. The van der Waals surface area contributed by atoms with Crippen molar-refractivity contribution in [1.82, 2.24) is 14.7 Å². The summed E-state index contributed by atoms with van der Waals surface area (Å²) < 4.78 is 15.1. The van der Waals surface area contributed by atoms with Crippen LogP contribution < -0.4 is 5.32 Å². The van der Waals surface area contributed by atoms with Gasteiger partial charge in [0, 0.05) is 25.8 Å². The van der Waals surface area contributed by atoms with Gasteiger partial charge in [-0.15, -0.1) is 0 Å². The van der Waals surface area contributed by atoms with Crippen molar-refractivity contribution in [1.29, 1.82) is 0 Å². The van der Waals surface area contributed by atoms with Crippen LogP contribution in [0, 0.1) is 5.82 Å². The number of carbonyl (C=O) groups is 1. The summed E-state index contributed by atoms with van der Waals surface area (Å²) in [6.07, 6.45) is 3.35. The highest BCUT2D eigenvalue weighted by Gasteiger charge is 2.12. The molecule has 0 aliphatic carbocycles. The van der Waals surface area contributed by atoms with Gasteiger partial charge in [-0.1, -0.05) is 17.7 Å². The van der Waals surface area contributed by atoms with E-state index in [1.807, 2.05) is 13.8 Å². The van der Waals surface area contributed by atoms with Crippen LogP contribution in [0.2, 0.25) is 5.02 Å². The summed E-state index contributed by atoms with van der Waals surface area (Å²) in [5.41, 5.74) is 1.28. The Kier molecular flexibility index (Phi) is 5.03. The van der Waals surface area contributed by atoms with Crippen molar-refractivity contribution in [3.63, 3.8) is 0 Å². The molecule has 1 aromatic heterocycles. The summed E-state index contributed by atoms with van der Waals surface area (Å²) >= 11 is 5.64. The molecule has 2 rings (SSSR count). The number of hydrogen-bond acceptors (Lipinski definition) is 2. The molecule has 0 atom stereocenters. The molecule has 0 unspecified atom stereocenters. The maximum absolute atomic E-state index is 13.4. The number of aromatic nitrogens is 2. The second-order valence-electron chi connectivity index (χ2n) is 5.34. The Morgan fingerprint density at radius 2 is 2.23 bits per heavy atom. The molecule has 5 nitrogen and oxygen atoms in total. The van der Waals surface area contributed by atoms with Crippen molar-refractivity contribution in [3.8, 4) is 0 Å². The van der Waals surface area contributed by atoms with Crippen LogP contribution >= 0.6 is 11.6 Å². The largest absolute Gasteiger partial charge is 0.323 e. The predicted molar refractivity (Wildman–Crippen MR) is 84.5 cm³/mol. The zero-order valence-electron chi connectivity index (χ0n) is 12.7. The molecule has 0 aliphatic rings. The van der Waals surface area contributed by atoms with E-state index in [9.17, 15) is 9.18 Å². The molecule has 1 N–H and O–H groups in total. The molecule has 1 heterocycles. The number of nitrogens with zero attached hydrogens (tertiary/aromatic N) is 3. The van der Waals surface area contributed by atoms with Crippen molar-refractivity contribution < 1.29 is 9.18 Å². The molecule has 0 spiro atoms. The first-order valence-electron chi connectivity index (χ1n) is 6.87. The first kappa shape index (κ1) is 16.3. The van der Waals surface area contributed by atoms with Gasteiger partial charge >= 0.3 is 6.03 Å². The van der Waals surface area contributed by atoms with Crippen LogP contribution in [0.5, 0.6) is 0 Å². The third-order valence-electron chi connectivity index (χ3n) is 3.13. The Morgan fingerprint density at radius 3 is 2.82 bits per heavy atom. The summed E-state index contributed by atoms with van der Waals surface area (Å²) in [5, 5.41) is 6.97. The molecule has 0 bridgehead atoms. The number of benzene rings is 1. The maximum atomic E-state index is 13.4. The lowest BCUT2D eigenvalue weighted by atomic mass is 10.2. The summed E-state index contributed by atoms with van der Waals surface area (Å²) in [5.74, 6) is -0.494. The summed E-state index contributed by atoms with van der Waals surface area (Å²) in [6, 6.07) is 4.42. The van der Waals surface area contributed by atoms with Gasteiger partial charge in [0.05, 0.1) is 16.9 Å². The van der Waals surface area contributed by atoms with Gasteiger partial charge in [0.15, 0.2) is 0 Å². The third kappa shape index (κ3) is 3.98. The Balaban J connectivity index is 1.97. The lowest BCUT2D eigenvalue weighted by molar-refractivity contribution is 0.220. The number of anilines is 1. The van der Waals surface area contributed by atoms with E-state index in [1.165, 1.54) is 17.0 Å². The van der Waals surface area contributed by atoms with Crippen LogP contribution in [0.3, 0.4) is 0 Å². The minimum atomic E-state index is -0.494. The predicted octanol–water partition coefficient (Wildman–Crippen LogP) is 3.92.